The minimum absolute atomic E-state index is 0.0514. The number of nitro benzene ring substituents is 1. The van der Waals surface area contributed by atoms with Gasteiger partial charge in [0.25, 0.3) is 5.69 Å². The molecule has 6 heteroatoms. The van der Waals surface area contributed by atoms with Crippen LogP contribution in [-0.2, 0) is 0 Å². The van der Waals surface area contributed by atoms with Gasteiger partial charge in [0.2, 0.25) is 0 Å². The second-order valence-electron chi connectivity index (χ2n) is 2.93. The molecule has 0 saturated heterocycles. The minimum atomic E-state index is -0.446. The molecule has 1 rings (SSSR count). The summed E-state index contributed by atoms with van der Waals surface area (Å²) in [6.07, 6.45) is 1.68. The molecule has 84 valence electrons. The molecule has 0 aliphatic rings. The molecule has 0 fully saturated rings. The van der Waals surface area contributed by atoms with Crippen LogP contribution in [0.15, 0.2) is 36.9 Å². The lowest BCUT2D eigenvalue weighted by molar-refractivity contribution is -0.384. The van der Waals surface area contributed by atoms with E-state index in [1.165, 1.54) is 12.1 Å². The van der Waals surface area contributed by atoms with Gasteiger partial charge in [0.05, 0.1) is 4.92 Å². The van der Waals surface area contributed by atoms with E-state index < -0.39 is 4.92 Å². The summed E-state index contributed by atoms with van der Waals surface area (Å²) in [5.74, 6) is 0. The van der Waals surface area contributed by atoms with E-state index in [2.05, 4.69) is 17.2 Å². The van der Waals surface area contributed by atoms with Gasteiger partial charge in [-0.15, -0.1) is 6.58 Å². The molecule has 2 N–H and O–H groups in total. The second kappa shape index (κ2) is 5.82. The van der Waals surface area contributed by atoms with Gasteiger partial charge in [-0.05, 0) is 24.4 Å². The van der Waals surface area contributed by atoms with Crippen molar-refractivity contribution in [3.63, 3.8) is 0 Å². The van der Waals surface area contributed by atoms with Crippen molar-refractivity contribution in [2.24, 2.45) is 0 Å². The predicted octanol–water partition coefficient (Wildman–Crippen LogP) is 2.07. The van der Waals surface area contributed by atoms with Gasteiger partial charge in [0.15, 0.2) is 5.11 Å². The van der Waals surface area contributed by atoms with Gasteiger partial charge in [-0.2, -0.15) is 0 Å². The molecule has 0 aromatic heterocycles. The Kier molecular flexibility index (Phi) is 4.41. The van der Waals surface area contributed by atoms with E-state index in [0.717, 1.165) is 0 Å². The largest absolute Gasteiger partial charge is 0.359 e. The van der Waals surface area contributed by atoms with Gasteiger partial charge in [-0.25, -0.2) is 0 Å². The smallest absolute Gasteiger partial charge is 0.269 e. The number of nitrogens with zero attached hydrogens (tertiary/aromatic N) is 1. The van der Waals surface area contributed by atoms with Crippen LogP contribution in [0.5, 0.6) is 0 Å². The van der Waals surface area contributed by atoms with E-state index in [0.29, 0.717) is 17.3 Å². The van der Waals surface area contributed by atoms with Gasteiger partial charge in [0, 0.05) is 24.4 Å². The van der Waals surface area contributed by atoms with Crippen molar-refractivity contribution in [3.8, 4) is 0 Å². The quantitative estimate of drug-likeness (QED) is 0.363. The maximum absolute atomic E-state index is 10.4. The van der Waals surface area contributed by atoms with Crippen LogP contribution in [0.1, 0.15) is 0 Å². The fourth-order valence-electron chi connectivity index (χ4n) is 1.01. The van der Waals surface area contributed by atoms with E-state index in [1.807, 2.05) is 0 Å². The molecule has 1 aromatic carbocycles. The number of non-ortho nitro benzene ring substituents is 1. The third-order valence-electron chi connectivity index (χ3n) is 1.74. The molecular weight excluding hydrogens is 226 g/mol. The van der Waals surface area contributed by atoms with E-state index in [-0.39, 0.29) is 5.69 Å². The first-order valence-electron chi connectivity index (χ1n) is 4.53. The molecule has 0 aliphatic heterocycles. The summed E-state index contributed by atoms with van der Waals surface area (Å²) < 4.78 is 0. The van der Waals surface area contributed by atoms with E-state index in [1.54, 1.807) is 18.2 Å². The first kappa shape index (κ1) is 12.1. The number of nitro groups is 1. The summed E-state index contributed by atoms with van der Waals surface area (Å²) in [6.45, 7) is 4.11. The maximum atomic E-state index is 10.4. The molecule has 0 aliphatic carbocycles. The highest BCUT2D eigenvalue weighted by Crippen LogP contribution is 2.14. The number of benzene rings is 1. The van der Waals surface area contributed by atoms with Crippen LogP contribution < -0.4 is 10.6 Å². The first-order chi connectivity index (χ1) is 7.63. The third-order valence-corrected chi connectivity index (χ3v) is 1.99. The van der Waals surface area contributed by atoms with Crippen molar-refractivity contribution in [1.82, 2.24) is 5.32 Å². The van der Waals surface area contributed by atoms with Crippen molar-refractivity contribution in [2.45, 2.75) is 0 Å². The summed E-state index contributed by atoms with van der Waals surface area (Å²) in [6, 6.07) is 6.02. The molecule has 0 heterocycles. The molecule has 0 amide bonds. The van der Waals surface area contributed by atoms with Crippen molar-refractivity contribution in [3.05, 3.63) is 47.0 Å². The highest BCUT2D eigenvalue weighted by molar-refractivity contribution is 7.80. The Bertz CT molecular complexity index is 403. The average molecular weight is 237 g/mol. The third kappa shape index (κ3) is 3.66. The Morgan fingerprint density at radius 3 is 2.62 bits per heavy atom. The first-order valence-corrected chi connectivity index (χ1v) is 4.94. The van der Waals surface area contributed by atoms with Crippen LogP contribution in [0.25, 0.3) is 0 Å². The lowest BCUT2D eigenvalue weighted by Gasteiger charge is -2.08. The standard InChI is InChI=1S/C10H11N3O2S/c1-2-7-11-10(16)12-8-3-5-9(6-4-8)13(14)15/h2-6H,1,7H2,(H2,11,12,16). The van der Waals surface area contributed by atoms with E-state index in [4.69, 9.17) is 12.2 Å². The van der Waals surface area contributed by atoms with Gasteiger partial charge >= 0.3 is 0 Å². The lowest BCUT2D eigenvalue weighted by Crippen LogP contribution is -2.28. The number of anilines is 1. The van der Waals surface area contributed by atoms with Crippen molar-refractivity contribution in [2.75, 3.05) is 11.9 Å². The predicted molar refractivity (Wildman–Crippen MR) is 67.5 cm³/mol. The van der Waals surface area contributed by atoms with Crippen molar-refractivity contribution in [1.29, 1.82) is 0 Å². The van der Waals surface area contributed by atoms with E-state index in [9.17, 15) is 10.1 Å². The number of nitrogens with one attached hydrogen (secondary N) is 2. The Balaban J connectivity index is 2.58. The number of thiocarbonyl (C=S) groups is 1. The van der Waals surface area contributed by atoms with Crippen LogP contribution in [0.4, 0.5) is 11.4 Å². The Morgan fingerprint density at radius 2 is 2.12 bits per heavy atom. The maximum Gasteiger partial charge on any atom is 0.269 e. The van der Waals surface area contributed by atoms with Crippen LogP contribution in [0.3, 0.4) is 0 Å². The van der Waals surface area contributed by atoms with Gasteiger partial charge in [-0.3, -0.25) is 10.1 Å². The molecule has 0 unspecified atom stereocenters. The van der Waals surface area contributed by atoms with Gasteiger partial charge in [0.1, 0.15) is 0 Å². The topological polar surface area (TPSA) is 67.2 Å². The Labute approximate surface area is 98.3 Å². The highest BCUT2D eigenvalue weighted by atomic mass is 32.1. The molecule has 5 nitrogen and oxygen atoms in total. The zero-order valence-corrected chi connectivity index (χ0v) is 9.29. The fraction of sp³-hybridized carbons (Fsp3) is 0.100. The van der Waals surface area contributed by atoms with Crippen LogP contribution in [0, 0.1) is 10.1 Å². The van der Waals surface area contributed by atoms with E-state index >= 15 is 0 Å². The average Bonchev–Trinajstić information content (AvgIpc) is 2.27. The van der Waals surface area contributed by atoms with Crippen molar-refractivity contribution < 1.29 is 4.92 Å². The number of hydrogen-bond acceptors (Lipinski definition) is 3. The fourth-order valence-corrected chi connectivity index (χ4v) is 1.21. The zero-order valence-electron chi connectivity index (χ0n) is 8.47. The number of rotatable bonds is 4. The summed E-state index contributed by atoms with van der Waals surface area (Å²) in [4.78, 5) is 9.97. The van der Waals surface area contributed by atoms with Gasteiger partial charge < -0.3 is 10.6 Å². The molecular formula is C10H11N3O2S. The Morgan fingerprint density at radius 1 is 1.50 bits per heavy atom. The number of hydrogen-bond donors (Lipinski definition) is 2. The SMILES string of the molecule is C=CCNC(=S)Nc1ccc([N+](=O)[O-])cc1. The zero-order chi connectivity index (χ0) is 12.0. The van der Waals surface area contributed by atoms with Crippen molar-refractivity contribution >= 4 is 28.7 Å². The van der Waals surface area contributed by atoms with Crippen LogP contribution >= 0.6 is 12.2 Å². The highest BCUT2D eigenvalue weighted by Gasteiger charge is 2.04. The molecule has 1 aromatic rings. The Hall–Kier alpha value is -1.95. The summed E-state index contributed by atoms with van der Waals surface area (Å²) in [5.41, 5.74) is 0.752. The molecule has 16 heavy (non-hydrogen) atoms. The molecule has 0 spiro atoms. The summed E-state index contributed by atoms with van der Waals surface area (Å²) in [7, 11) is 0. The van der Waals surface area contributed by atoms with Crippen LogP contribution in [-0.4, -0.2) is 16.6 Å². The molecule has 0 bridgehead atoms. The monoisotopic (exact) mass is 237 g/mol. The normalized spacial score (nSPS) is 9.25. The lowest BCUT2D eigenvalue weighted by atomic mass is 10.3. The summed E-state index contributed by atoms with van der Waals surface area (Å²) in [5, 5.41) is 16.6. The molecule has 0 atom stereocenters. The van der Waals surface area contributed by atoms with Crippen LogP contribution in [0.2, 0.25) is 0 Å². The van der Waals surface area contributed by atoms with Gasteiger partial charge in [-0.1, -0.05) is 6.08 Å². The second-order valence-corrected chi connectivity index (χ2v) is 3.34. The molecule has 0 saturated carbocycles. The minimum Gasteiger partial charge on any atom is -0.359 e. The summed E-state index contributed by atoms with van der Waals surface area (Å²) >= 11 is 4.98. The molecule has 0 radical (unpaired) electrons.